The predicted molar refractivity (Wildman–Crippen MR) is 89.8 cm³/mol. The van der Waals surface area contributed by atoms with E-state index in [9.17, 15) is 9.90 Å². The Bertz CT molecular complexity index is 900. The third-order valence-electron chi connectivity index (χ3n) is 4.11. The number of H-pyrrole nitrogens is 1. The first kappa shape index (κ1) is 14.1. The van der Waals surface area contributed by atoms with Crippen molar-refractivity contribution in [2.45, 2.75) is 25.7 Å². The highest BCUT2D eigenvalue weighted by atomic mass is 32.1. The molecule has 1 aliphatic carbocycles. The molecule has 116 valence electrons. The minimum atomic E-state index is -0.353. The van der Waals surface area contributed by atoms with Crippen LogP contribution in [-0.2, 0) is 12.8 Å². The Kier molecular flexibility index (Phi) is 3.46. The monoisotopic (exact) mass is 325 g/mol. The number of fused-ring (bicyclic) bond motifs is 2. The van der Waals surface area contributed by atoms with Gasteiger partial charge in [-0.05, 0) is 43.4 Å². The number of aromatic nitrogens is 1. The number of para-hydroxylation sites is 1. The molecule has 4 rings (SSSR count). The predicted octanol–water partition coefficient (Wildman–Crippen LogP) is 4.74. The van der Waals surface area contributed by atoms with E-state index in [1.165, 1.54) is 34.6 Å². The van der Waals surface area contributed by atoms with Gasteiger partial charge in [-0.1, -0.05) is 18.2 Å². The summed E-state index contributed by atoms with van der Waals surface area (Å²) in [4.78, 5) is 17.0. The van der Waals surface area contributed by atoms with Crippen LogP contribution in [0.3, 0.4) is 0 Å². The molecule has 0 fully saturated rings. The maximum atomic E-state index is 12.3. The fourth-order valence-electron chi connectivity index (χ4n) is 2.95. The van der Waals surface area contributed by atoms with Crippen molar-refractivity contribution >= 4 is 33.8 Å². The number of aromatic hydroxyl groups is 1. The maximum Gasteiger partial charge on any atom is 0.305 e. The van der Waals surface area contributed by atoms with Crippen molar-refractivity contribution in [1.82, 2.24) is 4.98 Å². The lowest BCUT2D eigenvalue weighted by atomic mass is 9.99. The summed E-state index contributed by atoms with van der Waals surface area (Å²) in [7, 11) is 0. The molecule has 23 heavy (non-hydrogen) atoms. The van der Waals surface area contributed by atoms with Crippen LogP contribution in [0.4, 0.5) is 5.69 Å². The maximum absolute atomic E-state index is 12.3. The summed E-state index contributed by atoms with van der Waals surface area (Å²) in [6.45, 7) is 0. The number of nitrogens with zero attached hydrogens (tertiary/aromatic N) is 2. The van der Waals surface area contributed by atoms with Crippen molar-refractivity contribution in [3.8, 4) is 5.88 Å². The molecular formula is C17H15N3O2S. The van der Waals surface area contributed by atoms with Crippen molar-refractivity contribution in [3.63, 3.8) is 0 Å². The lowest BCUT2D eigenvalue weighted by Gasteiger charge is -2.08. The number of rotatable bonds is 2. The molecule has 3 aromatic rings. The van der Waals surface area contributed by atoms with Crippen molar-refractivity contribution in [2.75, 3.05) is 0 Å². The molecule has 6 heteroatoms. The zero-order valence-electron chi connectivity index (χ0n) is 12.4. The number of benzene rings is 1. The van der Waals surface area contributed by atoms with Gasteiger partial charge in [0.15, 0.2) is 5.69 Å². The summed E-state index contributed by atoms with van der Waals surface area (Å²) in [5.74, 6) is -0.428. The number of aromatic amines is 1. The average Bonchev–Trinajstić information content (AvgIpc) is 3.13. The lowest BCUT2D eigenvalue weighted by molar-refractivity contribution is 0.0999. The summed E-state index contributed by atoms with van der Waals surface area (Å²) in [6.07, 6.45) is 4.46. The van der Waals surface area contributed by atoms with Gasteiger partial charge in [-0.3, -0.25) is 4.79 Å². The van der Waals surface area contributed by atoms with Crippen LogP contribution < -0.4 is 0 Å². The Morgan fingerprint density at radius 1 is 1.22 bits per heavy atom. The zero-order chi connectivity index (χ0) is 15.8. The van der Waals surface area contributed by atoms with Crippen LogP contribution in [0, 0.1) is 0 Å². The Hall–Kier alpha value is -2.47. The minimum absolute atomic E-state index is 0.0757. The van der Waals surface area contributed by atoms with Crippen molar-refractivity contribution in [2.24, 2.45) is 10.2 Å². The number of aryl methyl sites for hydroxylation is 2. The van der Waals surface area contributed by atoms with E-state index in [1.54, 1.807) is 0 Å². The highest BCUT2D eigenvalue weighted by molar-refractivity contribution is 7.14. The molecular weight excluding hydrogens is 310 g/mol. The van der Waals surface area contributed by atoms with Crippen LogP contribution >= 0.6 is 11.3 Å². The fourth-order valence-corrected chi connectivity index (χ4v) is 4.09. The van der Waals surface area contributed by atoms with E-state index in [0.29, 0.717) is 10.6 Å². The van der Waals surface area contributed by atoms with Crippen molar-refractivity contribution in [3.05, 3.63) is 45.6 Å². The lowest BCUT2D eigenvalue weighted by Crippen LogP contribution is -1.96. The second-order valence-corrected chi connectivity index (χ2v) is 6.78. The normalized spacial score (nSPS) is 14.4. The topological polar surface area (TPSA) is 77.8 Å². The fraction of sp³-hybridized carbons (Fsp3) is 0.235. The van der Waals surface area contributed by atoms with Gasteiger partial charge in [0.2, 0.25) is 5.88 Å². The summed E-state index contributed by atoms with van der Waals surface area (Å²) in [5.41, 5.74) is 2.34. The molecule has 2 heterocycles. The van der Waals surface area contributed by atoms with Gasteiger partial charge in [-0.2, -0.15) is 0 Å². The van der Waals surface area contributed by atoms with Gasteiger partial charge < -0.3 is 10.1 Å². The largest absolute Gasteiger partial charge is 0.493 e. The van der Waals surface area contributed by atoms with Gasteiger partial charge >= 0.3 is 5.91 Å². The Labute approximate surface area is 136 Å². The standard InChI is InChI=1S/C17H15N3O2S/c21-16(14-9-10-5-1-4-8-13(10)23-14)20-19-15-11-6-2-3-7-12(11)18-17(15)22/h2-3,6-7,9,18,22H,1,4-5,8H2. The van der Waals surface area contributed by atoms with Gasteiger partial charge in [-0.25, -0.2) is 0 Å². The van der Waals surface area contributed by atoms with Crippen LogP contribution in [0.1, 0.15) is 33.0 Å². The Balaban J connectivity index is 1.63. The quantitative estimate of drug-likeness (QED) is 0.668. The van der Waals surface area contributed by atoms with E-state index in [1.807, 2.05) is 30.3 Å². The van der Waals surface area contributed by atoms with E-state index in [2.05, 4.69) is 15.2 Å². The van der Waals surface area contributed by atoms with Crippen LogP contribution in [0.15, 0.2) is 40.6 Å². The summed E-state index contributed by atoms with van der Waals surface area (Å²) >= 11 is 1.51. The van der Waals surface area contributed by atoms with Gasteiger partial charge in [0.05, 0.1) is 10.4 Å². The smallest absolute Gasteiger partial charge is 0.305 e. The molecule has 0 bridgehead atoms. The van der Waals surface area contributed by atoms with Crippen LogP contribution in [0.5, 0.6) is 5.88 Å². The molecule has 0 unspecified atom stereocenters. The number of amides is 1. The number of nitrogens with one attached hydrogen (secondary N) is 1. The first-order chi connectivity index (χ1) is 11.2. The number of thiophene rings is 1. The molecule has 5 nitrogen and oxygen atoms in total. The first-order valence-corrected chi connectivity index (χ1v) is 8.41. The van der Waals surface area contributed by atoms with E-state index in [4.69, 9.17) is 0 Å². The molecule has 0 aliphatic heterocycles. The van der Waals surface area contributed by atoms with Gasteiger partial charge in [0.1, 0.15) is 0 Å². The summed E-state index contributed by atoms with van der Waals surface area (Å²) in [5, 5.41) is 18.5. The highest BCUT2D eigenvalue weighted by Gasteiger charge is 2.17. The summed E-state index contributed by atoms with van der Waals surface area (Å²) in [6, 6.07) is 9.32. The van der Waals surface area contributed by atoms with Gasteiger partial charge in [0.25, 0.3) is 0 Å². The number of carbonyl (C=O) groups excluding carboxylic acids is 1. The van der Waals surface area contributed by atoms with E-state index >= 15 is 0 Å². The van der Waals surface area contributed by atoms with Gasteiger partial charge in [-0.15, -0.1) is 21.6 Å². The van der Waals surface area contributed by atoms with Gasteiger partial charge in [0, 0.05) is 10.3 Å². The Morgan fingerprint density at radius 3 is 2.91 bits per heavy atom. The number of carbonyl (C=O) groups is 1. The molecule has 0 radical (unpaired) electrons. The molecule has 0 atom stereocenters. The van der Waals surface area contributed by atoms with E-state index in [0.717, 1.165) is 23.7 Å². The average molecular weight is 325 g/mol. The number of hydrogen-bond donors (Lipinski definition) is 2. The third-order valence-corrected chi connectivity index (χ3v) is 5.33. The molecule has 0 saturated carbocycles. The van der Waals surface area contributed by atoms with Crippen LogP contribution in [0.25, 0.3) is 10.9 Å². The minimum Gasteiger partial charge on any atom is -0.493 e. The van der Waals surface area contributed by atoms with E-state index in [-0.39, 0.29) is 11.8 Å². The SMILES string of the molecule is O=C(N=Nc1c(O)[nH]c2ccccc12)c1cc2c(s1)CCCC2. The molecule has 2 N–H and O–H groups in total. The van der Waals surface area contributed by atoms with Crippen molar-refractivity contribution in [1.29, 1.82) is 0 Å². The third kappa shape index (κ3) is 2.55. The molecule has 1 aliphatic rings. The van der Waals surface area contributed by atoms with Crippen LogP contribution in [0.2, 0.25) is 0 Å². The summed E-state index contributed by atoms with van der Waals surface area (Å²) < 4.78 is 0. The number of hydrogen-bond acceptors (Lipinski definition) is 4. The Morgan fingerprint density at radius 2 is 2.04 bits per heavy atom. The molecule has 1 amide bonds. The second kappa shape index (κ2) is 5.62. The molecule has 2 aromatic heterocycles. The van der Waals surface area contributed by atoms with E-state index < -0.39 is 0 Å². The molecule has 0 spiro atoms. The first-order valence-electron chi connectivity index (χ1n) is 7.60. The van der Waals surface area contributed by atoms with Crippen molar-refractivity contribution < 1.29 is 9.90 Å². The highest BCUT2D eigenvalue weighted by Crippen LogP contribution is 2.35. The van der Waals surface area contributed by atoms with Crippen LogP contribution in [-0.4, -0.2) is 16.0 Å². The number of azo groups is 1. The molecule has 0 saturated heterocycles. The molecule has 1 aromatic carbocycles. The zero-order valence-corrected chi connectivity index (χ0v) is 13.2. The second-order valence-electron chi connectivity index (χ2n) is 5.64.